The molecular formula is C13H21NO2. The Morgan fingerprint density at radius 2 is 2.50 bits per heavy atom. The molecule has 1 rings (SSSR count). The molecule has 90 valence electrons. The smallest absolute Gasteiger partial charge is 0.144 e. The first kappa shape index (κ1) is 13.0. The minimum Gasteiger partial charge on any atom is -0.498 e. The summed E-state index contributed by atoms with van der Waals surface area (Å²) in [5, 5.41) is 0. The Balaban J connectivity index is 2.63. The highest BCUT2D eigenvalue weighted by molar-refractivity contribution is 5.68. The van der Waals surface area contributed by atoms with Crippen molar-refractivity contribution in [3.05, 3.63) is 24.5 Å². The van der Waals surface area contributed by atoms with Gasteiger partial charge in [0.1, 0.15) is 6.29 Å². The van der Waals surface area contributed by atoms with Crippen LogP contribution in [0.2, 0.25) is 0 Å². The van der Waals surface area contributed by atoms with Gasteiger partial charge in [0, 0.05) is 6.42 Å². The first-order chi connectivity index (χ1) is 7.66. The second-order valence-electron chi connectivity index (χ2n) is 4.32. The van der Waals surface area contributed by atoms with Gasteiger partial charge in [0.15, 0.2) is 0 Å². The van der Waals surface area contributed by atoms with Gasteiger partial charge in [0.05, 0.1) is 17.9 Å². The summed E-state index contributed by atoms with van der Waals surface area (Å²) in [6, 6.07) is 0. The molecule has 0 bridgehead atoms. The number of nitrogens with two attached hydrogens (primary N) is 1. The molecule has 1 aliphatic rings. The van der Waals surface area contributed by atoms with Gasteiger partial charge in [-0.25, -0.2) is 0 Å². The summed E-state index contributed by atoms with van der Waals surface area (Å²) < 4.78 is 5.60. The first-order valence-corrected chi connectivity index (χ1v) is 5.87. The molecule has 0 saturated heterocycles. The molecule has 0 fully saturated rings. The zero-order chi connectivity index (χ0) is 12.0. The van der Waals surface area contributed by atoms with Crippen LogP contribution in [-0.4, -0.2) is 18.4 Å². The monoisotopic (exact) mass is 223 g/mol. The minimum atomic E-state index is -0.908. The van der Waals surface area contributed by atoms with E-state index in [1.54, 1.807) is 6.08 Å². The number of aldehydes is 1. The maximum absolute atomic E-state index is 11.0. The van der Waals surface area contributed by atoms with E-state index in [0.29, 0.717) is 0 Å². The molecule has 0 aromatic carbocycles. The van der Waals surface area contributed by atoms with Crippen LogP contribution in [0.4, 0.5) is 0 Å². The lowest BCUT2D eigenvalue weighted by Gasteiger charge is -2.32. The molecule has 0 heterocycles. The van der Waals surface area contributed by atoms with E-state index in [-0.39, 0.29) is 5.92 Å². The summed E-state index contributed by atoms with van der Waals surface area (Å²) in [4.78, 5) is 11.0. The van der Waals surface area contributed by atoms with E-state index in [2.05, 4.69) is 19.6 Å². The van der Waals surface area contributed by atoms with Crippen molar-refractivity contribution in [1.29, 1.82) is 0 Å². The van der Waals surface area contributed by atoms with Crippen molar-refractivity contribution in [2.24, 2.45) is 11.7 Å². The fourth-order valence-corrected chi connectivity index (χ4v) is 1.96. The normalized spacial score (nSPS) is 24.1. The summed E-state index contributed by atoms with van der Waals surface area (Å²) in [5.74, 6) is 1.08. The van der Waals surface area contributed by atoms with Crippen molar-refractivity contribution < 1.29 is 9.53 Å². The van der Waals surface area contributed by atoms with Gasteiger partial charge in [0.25, 0.3) is 0 Å². The zero-order valence-corrected chi connectivity index (χ0v) is 9.95. The molecule has 0 saturated carbocycles. The van der Waals surface area contributed by atoms with E-state index in [9.17, 15) is 4.79 Å². The molecule has 1 aliphatic carbocycles. The fraction of sp³-hybridized carbons (Fsp3) is 0.615. The van der Waals surface area contributed by atoms with Crippen molar-refractivity contribution in [1.82, 2.24) is 0 Å². The lowest BCUT2D eigenvalue weighted by atomic mass is 9.78. The second kappa shape index (κ2) is 5.85. The molecule has 0 radical (unpaired) electrons. The second-order valence-corrected chi connectivity index (χ2v) is 4.32. The van der Waals surface area contributed by atoms with Crippen LogP contribution in [0.25, 0.3) is 0 Å². The summed E-state index contributed by atoms with van der Waals surface area (Å²) >= 11 is 0. The van der Waals surface area contributed by atoms with Crippen LogP contribution in [0.5, 0.6) is 0 Å². The van der Waals surface area contributed by atoms with Gasteiger partial charge < -0.3 is 15.3 Å². The van der Waals surface area contributed by atoms with Gasteiger partial charge in [-0.05, 0) is 31.3 Å². The third kappa shape index (κ3) is 2.95. The summed E-state index contributed by atoms with van der Waals surface area (Å²) in [6.07, 6.45) is 8.01. The molecule has 3 heteroatoms. The van der Waals surface area contributed by atoms with Gasteiger partial charge in [-0.1, -0.05) is 13.0 Å². The minimum absolute atomic E-state index is 0.111. The van der Waals surface area contributed by atoms with Crippen molar-refractivity contribution in [3.63, 3.8) is 0 Å². The molecular weight excluding hydrogens is 202 g/mol. The van der Waals surface area contributed by atoms with Crippen molar-refractivity contribution >= 4 is 6.29 Å². The molecule has 0 aliphatic heterocycles. The molecule has 2 atom stereocenters. The molecule has 16 heavy (non-hydrogen) atoms. The highest BCUT2D eigenvalue weighted by Crippen LogP contribution is 2.31. The van der Waals surface area contributed by atoms with E-state index in [0.717, 1.165) is 44.3 Å². The van der Waals surface area contributed by atoms with Crippen molar-refractivity contribution in [2.75, 3.05) is 6.61 Å². The molecule has 0 aromatic heterocycles. The predicted octanol–water partition coefficient (Wildman–Crippen LogP) is 2.18. The molecule has 2 N–H and O–H groups in total. The van der Waals surface area contributed by atoms with E-state index in [4.69, 9.17) is 10.5 Å². The van der Waals surface area contributed by atoms with Crippen LogP contribution in [-0.2, 0) is 9.53 Å². The van der Waals surface area contributed by atoms with Crippen LogP contribution in [0.3, 0.4) is 0 Å². The van der Waals surface area contributed by atoms with Gasteiger partial charge >= 0.3 is 0 Å². The number of carbonyl (C=O) groups is 1. The average Bonchev–Trinajstić information content (AvgIpc) is 2.35. The van der Waals surface area contributed by atoms with Crippen LogP contribution in [0.1, 0.15) is 32.6 Å². The quantitative estimate of drug-likeness (QED) is 0.554. The lowest BCUT2D eigenvalue weighted by Crippen LogP contribution is -2.47. The highest BCUT2D eigenvalue weighted by Gasteiger charge is 2.33. The van der Waals surface area contributed by atoms with Crippen molar-refractivity contribution in [2.45, 2.75) is 38.1 Å². The number of hydrogen-bond donors (Lipinski definition) is 1. The SMILES string of the molecule is C=CC(N)(C=O)[C@H]1CCC=C(OCCC)C1. The van der Waals surface area contributed by atoms with Crippen LogP contribution < -0.4 is 5.73 Å². The standard InChI is InChI=1S/C13H21NO2/c1-3-8-16-12-7-5-6-11(9-12)13(14,4-2)10-15/h4,7,10-11H,2-3,5-6,8-9,14H2,1H3/t11-,13?/m0/s1. The molecule has 1 unspecified atom stereocenters. The Hall–Kier alpha value is -1.09. The predicted molar refractivity (Wildman–Crippen MR) is 64.8 cm³/mol. The van der Waals surface area contributed by atoms with Crippen molar-refractivity contribution in [3.8, 4) is 0 Å². The Morgan fingerprint density at radius 1 is 1.75 bits per heavy atom. The van der Waals surface area contributed by atoms with Gasteiger partial charge in [0.2, 0.25) is 0 Å². The zero-order valence-electron chi connectivity index (χ0n) is 9.95. The molecule has 0 spiro atoms. The van der Waals surface area contributed by atoms with E-state index >= 15 is 0 Å². The summed E-state index contributed by atoms with van der Waals surface area (Å²) in [6.45, 7) is 6.45. The number of carbonyl (C=O) groups excluding carboxylic acids is 1. The largest absolute Gasteiger partial charge is 0.498 e. The van der Waals surface area contributed by atoms with Crippen LogP contribution >= 0.6 is 0 Å². The highest BCUT2D eigenvalue weighted by atomic mass is 16.5. The summed E-state index contributed by atoms with van der Waals surface area (Å²) in [7, 11) is 0. The van der Waals surface area contributed by atoms with E-state index in [1.165, 1.54) is 0 Å². The van der Waals surface area contributed by atoms with E-state index in [1.807, 2.05) is 0 Å². The van der Waals surface area contributed by atoms with Crippen LogP contribution in [0.15, 0.2) is 24.5 Å². The first-order valence-electron chi connectivity index (χ1n) is 5.87. The Labute approximate surface area is 97.3 Å². The number of ether oxygens (including phenoxy) is 1. The number of rotatable bonds is 6. The Kier molecular flexibility index (Phi) is 4.74. The molecule has 0 aromatic rings. The number of allylic oxidation sites excluding steroid dienone is 2. The summed E-state index contributed by atoms with van der Waals surface area (Å²) in [5.41, 5.74) is 5.09. The molecule has 3 nitrogen and oxygen atoms in total. The van der Waals surface area contributed by atoms with Gasteiger partial charge in [-0.2, -0.15) is 0 Å². The van der Waals surface area contributed by atoms with E-state index < -0.39 is 5.54 Å². The average molecular weight is 223 g/mol. The molecule has 0 amide bonds. The third-order valence-electron chi connectivity index (χ3n) is 3.09. The number of hydrogen-bond acceptors (Lipinski definition) is 3. The van der Waals surface area contributed by atoms with Crippen LogP contribution in [0, 0.1) is 5.92 Å². The fourth-order valence-electron chi connectivity index (χ4n) is 1.96. The third-order valence-corrected chi connectivity index (χ3v) is 3.09. The lowest BCUT2D eigenvalue weighted by molar-refractivity contribution is -0.112. The van der Waals surface area contributed by atoms with Gasteiger partial charge in [-0.3, -0.25) is 0 Å². The Morgan fingerprint density at radius 3 is 3.06 bits per heavy atom. The maximum Gasteiger partial charge on any atom is 0.144 e. The topological polar surface area (TPSA) is 52.3 Å². The van der Waals surface area contributed by atoms with Gasteiger partial charge in [-0.15, -0.1) is 6.58 Å². The Bertz CT molecular complexity index is 276. The maximum atomic E-state index is 11.0.